The summed E-state index contributed by atoms with van der Waals surface area (Å²) in [5, 5.41) is 17.7. The molecule has 1 fully saturated rings. The number of nitrogens with one attached hydrogen (secondary N) is 1. The SMILES string of the molecule is O=C(Nc1cnn(C2CCOCC2)c1)c1cccc([N+](=O)[O-])c1. The number of carbonyl (C=O) groups excluding carboxylic acids is 1. The van der Waals surface area contributed by atoms with E-state index in [2.05, 4.69) is 10.4 Å². The average Bonchev–Trinajstić information content (AvgIpc) is 3.04. The van der Waals surface area contributed by atoms with E-state index in [4.69, 9.17) is 4.74 Å². The molecule has 1 aromatic carbocycles. The van der Waals surface area contributed by atoms with Crippen LogP contribution in [0.25, 0.3) is 0 Å². The van der Waals surface area contributed by atoms with Gasteiger partial charge in [0, 0.05) is 37.1 Å². The van der Waals surface area contributed by atoms with Crippen molar-refractivity contribution in [3.63, 3.8) is 0 Å². The van der Waals surface area contributed by atoms with Crippen molar-refractivity contribution in [3.05, 3.63) is 52.3 Å². The van der Waals surface area contributed by atoms with Gasteiger partial charge in [-0.25, -0.2) is 0 Å². The molecule has 23 heavy (non-hydrogen) atoms. The highest BCUT2D eigenvalue weighted by molar-refractivity contribution is 6.04. The molecule has 0 unspecified atom stereocenters. The van der Waals surface area contributed by atoms with Crippen LogP contribution in [0.5, 0.6) is 0 Å². The fourth-order valence-electron chi connectivity index (χ4n) is 2.52. The normalized spacial score (nSPS) is 15.3. The van der Waals surface area contributed by atoms with E-state index in [0.29, 0.717) is 18.9 Å². The molecule has 1 aliphatic rings. The van der Waals surface area contributed by atoms with Crippen molar-refractivity contribution in [2.24, 2.45) is 0 Å². The van der Waals surface area contributed by atoms with Gasteiger partial charge in [0.05, 0.1) is 22.8 Å². The Morgan fingerprint density at radius 1 is 1.39 bits per heavy atom. The molecule has 120 valence electrons. The molecule has 2 heterocycles. The van der Waals surface area contributed by atoms with Crippen LogP contribution in [0.1, 0.15) is 29.2 Å². The van der Waals surface area contributed by atoms with Gasteiger partial charge in [0.15, 0.2) is 0 Å². The third kappa shape index (κ3) is 3.54. The van der Waals surface area contributed by atoms with E-state index >= 15 is 0 Å². The lowest BCUT2D eigenvalue weighted by Crippen LogP contribution is -2.19. The summed E-state index contributed by atoms with van der Waals surface area (Å²) in [6.45, 7) is 1.42. The molecule has 0 atom stereocenters. The molecule has 8 nitrogen and oxygen atoms in total. The Hall–Kier alpha value is -2.74. The molecule has 0 bridgehead atoms. The number of nitro benzene ring substituents is 1. The Morgan fingerprint density at radius 2 is 2.17 bits per heavy atom. The molecule has 0 saturated carbocycles. The lowest BCUT2D eigenvalue weighted by atomic mass is 10.1. The van der Waals surface area contributed by atoms with Crippen LogP contribution < -0.4 is 5.32 Å². The monoisotopic (exact) mass is 316 g/mol. The van der Waals surface area contributed by atoms with Gasteiger partial charge in [-0.15, -0.1) is 0 Å². The first-order valence-electron chi connectivity index (χ1n) is 7.31. The van der Waals surface area contributed by atoms with Crippen molar-refractivity contribution < 1.29 is 14.5 Å². The summed E-state index contributed by atoms with van der Waals surface area (Å²) in [6.07, 6.45) is 5.12. The van der Waals surface area contributed by atoms with Gasteiger partial charge in [-0.1, -0.05) is 6.07 Å². The van der Waals surface area contributed by atoms with Crippen LogP contribution in [0, 0.1) is 10.1 Å². The summed E-state index contributed by atoms with van der Waals surface area (Å²) in [4.78, 5) is 22.4. The molecule has 1 saturated heterocycles. The van der Waals surface area contributed by atoms with Gasteiger partial charge >= 0.3 is 0 Å². The smallest absolute Gasteiger partial charge is 0.270 e. The molecule has 1 aromatic heterocycles. The van der Waals surface area contributed by atoms with Gasteiger partial charge in [-0.2, -0.15) is 5.10 Å². The fourth-order valence-corrected chi connectivity index (χ4v) is 2.52. The maximum Gasteiger partial charge on any atom is 0.270 e. The summed E-state index contributed by atoms with van der Waals surface area (Å²) < 4.78 is 7.14. The van der Waals surface area contributed by atoms with Crippen molar-refractivity contribution in [2.45, 2.75) is 18.9 Å². The van der Waals surface area contributed by atoms with Crippen molar-refractivity contribution in [2.75, 3.05) is 18.5 Å². The highest BCUT2D eigenvalue weighted by Crippen LogP contribution is 2.22. The molecule has 1 N–H and O–H groups in total. The number of anilines is 1. The first kappa shape index (κ1) is 15.2. The Labute approximate surface area is 132 Å². The Bertz CT molecular complexity index is 722. The molecule has 1 amide bonds. The van der Waals surface area contributed by atoms with Gasteiger partial charge < -0.3 is 10.1 Å². The molecule has 2 aromatic rings. The number of benzene rings is 1. The maximum absolute atomic E-state index is 12.2. The third-order valence-corrected chi connectivity index (χ3v) is 3.74. The number of non-ortho nitro benzene ring substituents is 1. The predicted octanol–water partition coefficient (Wildman–Crippen LogP) is 2.40. The summed E-state index contributed by atoms with van der Waals surface area (Å²) >= 11 is 0. The molecule has 3 rings (SSSR count). The second-order valence-electron chi connectivity index (χ2n) is 5.31. The third-order valence-electron chi connectivity index (χ3n) is 3.74. The second-order valence-corrected chi connectivity index (χ2v) is 5.31. The Kier molecular flexibility index (Phi) is 4.33. The van der Waals surface area contributed by atoms with Gasteiger partial charge in [0.25, 0.3) is 11.6 Å². The Balaban J connectivity index is 1.69. The van der Waals surface area contributed by atoms with Crippen molar-refractivity contribution in [1.29, 1.82) is 0 Å². The van der Waals surface area contributed by atoms with E-state index in [9.17, 15) is 14.9 Å². The van der Waals surface area contributed by atoms with E-state index in [1.165, 1.54) is 24.3 Å². The standard InChI is InChI=1S/C15H16N4O4/c20-15(11-2-1-3-14(8-11)19(21)22)17-12-9-16-18(10-12)13-4-6-23-7-5-13/h1-3,8-10,13H,4-7H2,(H,17,20). The predicted molar refractivity (Wildman–Crippen MR) is 82.4 cm³/mol. The minimum Gasteiger partial charge on any atom is -0.381 e. The average molecular weight is 316 g/mol. The molecule has 8 heteroatoms. The number of rotatable bonds is 4. The molecular formula is C15H16N4O4. The van der Waals surface area contributed by atoms with E-state index in [-0.39, 0.29) is 17.3 Å². The molecular weight excluding hydrogens is 300 g/mol. The van der Waals surface area contributed by atoms with Crippen LogP contribution in [0.15, 0.2) is 36.7 Å². The van der Waals surface area contributed by atoms with E-state index in [0.717, 1.165) is 12.8 Å². The van der Waals surface area contributed by atoms with Crippen LogP contribution in [-0.2, 0) is 4.74 Å². The number of nitro groups is 1. The zero-order valence-electron chi connectivity index (χ0n) is 12.3. The summed E-state index contributed by atoms with van der Waals surface area (Å²) in [6, 6.07) is 5.88. The molecule has 0 radical (unpaired) electrons. The van der Waals surface area contributed by atoms with Gasteiger partial charge in [0.1, 0.15) is 0 Å². The number of aromatic nitrogens is 2. The molecule has 1 aliphatic heterocycles. The fraction of sp³-hybridized carbons (Fsp3) is 0.333. The van der Waals surface area contributed by atoms with Crippen LogP contribution in [0.3, 0.4) is 0 Å². The first-order chi connectivity index (χ1) is 11.1. The number of hydrogen-bond donors (Lipinski definition) is 1. The number of carbonyl (C=O) groups is 1. The summed E-state index contributed by atoms with van der Waals surface area (Å²) in [5.41, 5.74) is 0.682. The quantitative estimate of drug-likeness (QED) is 0.689. The van der Waals surface area contributed by atoms with Gasteiger partial charge in [-0.3, -0.25) is 19.6 Å². The zero-order valence-corrected chi connectivity index (χ0v) is 12.3. The minimum absolute atomic E-state index is 0.115. The maximum atomic E-state index is 12.2. The van der Waals surface area contributed by atoms with E-state index in [1.807, 2.05) is 4.68 Å². The Morgan fingerprint density at radius 3 is 2.91 bits per heavy atom. The van der Waals surface area contributed by atoms with Crippen molar-refractivity contribution >= 4 is 17.3 Å². The zero-order chi connectivity index (χ0) is 16.2. The number of hydrogen-bond acceptors (Lipinski definition) is 5. The lowest BCUT2D eigenvalue weighted by Gasteiger charge is -2.22. The lowest BCUT2D eigenvalue weighted by molar-refractivity contribution is -0.384. The van der Waals surface area contributed by atoms with Gasteiger partial charge in [-0.05, 0) is 18.9 Å². The topological polar surface area (TPSA) is 99.3 Å². The number of amides is 1. The number of ether oxygens (including phenoxy) is 1. The first-order valence-corrected chi connectivity index (χ1v) is 7.31. The van der Waals surface area contributed by atoms with Crippen molar-refractivity contribution in [3.8, 4) is 0 Å². The summed E-state index contributed by atoms with van der Waals surface area (Å²) in [5.74, 6) is -0.403. The second kappa shape index (κ2) is 6.57. The highest BCUT2D eigenvalue weighted by atomic mass is 16.6. The molecule has 0 spiro atoms. The van der Waals surface area contributed by atoms with Crippen LogP contribution >= 0.6 is 0 Å². The molecule has 0 aliphatic carbocycles. The van der Waals surface area contributed by atoms with Crippen molar-refractivity contribution in [1.82, 2.24) is 9.78 Å². The summed E-state index contributed by atoms with van der Waals surface area (Å²) in [7, 11) is 0. The van der Waals surface area contributed by atoms with Gasteiger partial charge in [0.2, 0.25) is 0 Å². The minimum atomic E-state index is -0.528. The van der Waals surface area contributed by atoms with Crippen LogP contribution in [-0.4, -0.2) is 33.8 Å². The largest absolute Gasteiger partial charge is 0.381 e. The highest BCUT2D eigenvalue weighted by Gasteiger charge is 2.17. The van der Waals surface area contributed by atoms with Crippen LogP contribution in [0.4, 0.5) is 11.4 Å². The van der Waals surface area contributed by atoms with E-state index in [1.54, 1.807) is 12.4 Å². The van der Waals surface area contributed by atoms with E-state index < -0.39 is 10.8 Å². The number of nitrogens with zero attached hydrogens (tertiary/aromatic N) is 3. The van der Waals surface area contributed by atoms with Crippen LogP contribution in [0.2, 0.25) is 0 Å².